The molecule has 0 saturated heterocycles. The van der Waals surface area contributed by atoms with E-state index in [-0.39, 0.29) is 5.91 Å². The summed E-state index contributed by atoms with van der Waals surface area (Å²) < 4.78 is 5.11. The minimum Gasteiger partial charge on any atom is -0.497 e. The molecule has 1 N–H and O–H groups in total. The summed E-state index contributed by atoms with van der Waals surface area (Å²) in [5, 5.41) is 4.35. The Labute approximate surface area is 131 Å². The Hall–Kier alpha value is -1.84. The van der Waals surface area contributed by atoms with Crippen molar-refractivity contribution in [2.75, 3.05) is 7.11 Å². The first-order chi connectivity index (χ1) is 10.7. The van der Waals surface area contributed by atoms with Crippen LogP contribution < -0.4 is 10.2 Å². The number of benzene rings is 1. The number of hydrogen-bond acceptors (Lipinski definition) is 3. The van der Waals surface area contributed by atoms with Gasteiger partial charge in [0.25, 0.3) is 0 Å². The van der Waals surface area contributed by atoms with Crippen LogP contribution in [0.15, 0.2) is 29.4 Å². The van der Waals surface area contributed by atoms with Crippen LogP contribution in [0.3, 0.4) is 0 Å². The number of methoxy groups -OCH3 is 1. The third-order valence-electron chi connectivity index (χ3n) is 5.16. The van der Waals surface area contributed by atoms with Gasteiger partial charge in [-0.05, 0) is 55.7 Å². The molecule has 2 saturated carbocycles. The lowest BCUT2D eigenvalue weighted by Crippen LogP contribution is -2.25. The molecule has 4 heteroatoms. The number of hydrazone groups is 1. The van der Waals surface area contributed by atoms with E-state index in [9.17, 15) is 4.79 Å². The number of fused-ring (bicyclic) bond motifs is 2. The monoisotopic (exact) mass is 300 g/mol. The van der Waals surface area contributed by atoms with Gasteiger partial charge in [-0.1, -0.05) is 18.6 Å². The zero-order chi connectivity index (χ0) is 15.5. The highest BCUT2D eigenvalue weighted by molar-refractivity contribution is 5.87. The molecule has 4 nitrogen and oxygen atoms in total. The van der Waals surface area contributed by atoms with Crippen LogP contribution in [0.25, 0.3) is 0 Å². The number of rotatable bonds is 5. The molecule has 2 aliphatic rings. The zero-order valence-electron chi connectivity index (χ0n) is 13.3. The fraction of sp³-hybridized carbons (Fsp3) is 0.556. The highest BCUT2D eigenvalue weighted by atomic mass is 16.5. The van der Waals surface area contributed by atoms with Gasteiger partial charge in [0.1, 0.15) is 5.75 Å². The molecule has 0 spiro atoms. The molecule has 118 valence electrons. The molecule has 1 aromatic rings. The van der Waals surface area contributed by atoms with E-state index in [4.69, 9.17) is 4.74 Å². The molecule has 22 heavy (non-hydrogen) atoms. The molecule has 1 amide bonds. The third-order valence-corrected chi connectivity index (χ3v) is 5.16. The Morgan fingerprint density at radius 2 is 2.05 bits per heavy atom. The lowest BCUT2D eigenvalue weighted by molar-refractivity contribution is -0.120. The molecule has 0 radical (unpaired) electrons. The average Bonchev–Trinajstić information content (AvgIpc) is 3.16. The Balaban J connectivity index is 1.51. The van der Waals surface area contributed by atoms with E-state index in [0.717, 1.165) is 28.9 Å². The number of hydrogen-bond donors (Lipinski definition) is 1. The number of nitrogens with zero attached hydrogens (tertiary/aromatic N) is 1. The highest BCUT2D eigenvalue weighted by Gasteiger charge is 2.40. The first kappa shape index (κ1) is 15.1. The van der Waals surface area contributed by atoms with Crippen molar-refractivity contribution in [2.24, 2.45) is 22.9 Å². The maximum atomic E-state index is 12.0. The minimum absolute atomic E-state index is 0.0623. The van der Waals surface area contributed by atoms with Crippen molar-refractivity contribution in [3.05, 3.63) is 29.8 Å². The molecule has 3 rings (SSSR count). The van der Waals surface area contributed by atoms with Crippen molar-refractivity contribution in [2.45, 2.75) is 39.0 Å². The smallest absolute Gasteiger partial charge is 0.244 e. The highest BCUT2D eigenvalue weighted by Crippen LogP contribution is 2.48. The molecule has 2 fully saturated rings. The van der Waals surface area contributed by atoms with Crippen molar-refractivity contribution in [3.8, 4) is 5.75 Å². The van der Waals surface area contributed by atoms with Crippen molar-refractivity contribution >= 4 is 11.6 Å². The van der Waals surface area contributed by atoms with Gasteiger partial charge in [-0.15, -0.1) is 0 Å². The topological polar surface area (TPSA) is 50.7 Å². The Morgan fingerprint density at radius 3 is 2.64 bits per heavy atom. The molecule has 0 aliphatic heterocycles. The second-order valence-electron chi connectivity index (χ2n) is 6.59. The van der Waals surface area contributed by atoms with Gasteiger partial charge in [0.15, 0.2) is 0 Å². The van der Waals surface area contributed by atoms with Gasteiger partial charge in [-0.25, -0.2) is 5.43 Å². The largest absolute Gasteiger partial charge is 0.497 e. The summed E-state index contributed by atoms with van der Waals surface area (Å²) in [5.41, 5.74) is 4.77. The van der Waals surface area contributed by atoms with Gasteiger partial charge in [0, 0.05) is 11.6 Å². The van der Waals surface area contributed by atoms with E-state index in [1.165, 1.54) is 25.7 Å². The number of amides is 1. The predicted octanol–water partition coefficient (Wildman–Crippen LogP) is 3.17. The SMILES string of the molecule is COc1ccc(CC(=O)NN=C(C)[C@H]2C[C@H]3CC[C@H]2C3)cc1. The van der Waals surface area contributed by atoms with Crippen LogP contribution >= 0.6 is 0 Å². The molecule has 0 unspecified atom stereocenters. The summed E-state index contributed by atoms with van der Waals surface area (Å²) in [6, 6.07) is 7.55. The van der Waals surface area contributed by atoms with Crippen LogP contribution in [0.2, 0.25) is 0 Å². The van der Waals surface area contributed by atoms with Gasteiger partial charge < -0.3 is 4.74 Å². The molecule has 0 heterocycles. The zero-order valence-corrected chi connectivity index (χ0v) is 13.3. The number of nitrogens with one attached hydrogen (secondary N) is 1. The first-order valence-electron chi connectivity index (χ1n) is 8.11. The molecule has 2 aliphatic carbocycles. The molecular weight excluding hydrogens is 276 g/mol. The quantitative estimate of drug-likeness (QED) is 0.671. The van der Waals surface area contributed by atoms with Gasteiger partial charge in [-0.3, -0.25) is 4.79 Å². The molecule has 2 bridgehead atoms. The van der Waals surface area contributed by atoms with Gasteiger partial charge in [-0.2, -0.15) is 5.10 Å². The van der Waals surface area contributed by atoms with Crippen molar-refractivity contribution < 1.29 is 9.53 Å². The normalized spacial score (nSPS) is 27.0. The number of ether oxygens (including phenoxy) is 1. The van der Waals surface area contributed by atoms with Crippen LogP contribution in [-0.2, 0) is 11.2 Å². The van der Waals surface area contributed by atoms with Crippen molar-refractivity contribution in [1.82, 2.24) is 5.43 Å². The molecule has 0 aromatic heterocycles. The lowest BCUT2D eigenvalue weighted by Gasteiger charge is -2.21. The molecule has 1 aromatic carbocycles. The van der Waals surface area contributed by atoms with Gasteiger partial charge in [0.2, 0.25) is 5.91 Å². The van der Waals surface area contributed by atoms with E-state index in [0.29, 0.717) is 12.3 Å². The predicted molar refractivity (Wildman–Crippen MR) is 86.9 cm³/mol. The minimum atomic E-state index is -0.0623. The lowest BCUT2D eigenvalue weighted by atomic mass is 9.86. The Bertz CT molecular complexity index is 565. The summed E-state index contributed by atoms with van der Waals surface area (Å²) in [5.74, 6) is 3.02. The molecule has 3 atom stereocenters. The standard InChI is InChI=1S/C18H24N2O2/c1-12(17-10-14-3-6-15(17)9-14)19-20-18(21)11-13-4-7-16(22-2)8-5-13/h4-5,7-8,14-15,17H,3,6,9-11H2,1-2H3,(H,20,21)/t14-,15-,17+/m0/s1. The van der Waals surface area contributed by atoms with E-state index in [1.807, 2.05) is 24.3 Å². The number of carbonyl (C=O) groups excluding carboxylic acids is 1. The summed E-state index contributed by atoms with van der Waals surface area (Å²) >= 11 is 0. The maximum Gasteiger partial charge on any atom is 0.244 e. The Kier molecular flexibility index (Phi) is 4.46. The second kappa shape index (κ2) is 6.51. The summed E-state index contributed by atoms with van der Waals surface area (Å²) in [7, 11) is 1.63. The number of carbonyl (C=O) groups is 1. The second-order valence-corrected chi connectivity index (χ2v) is 6.59. The summed E-state index contributed by atoms with van der Waals surface area (Å²) in [6.45, 7) is 2.05. The van der Waals surface area contributed by atoms with Crippen molar-refractivity contribution in [1.29, 1.82) is 0 Å². The summed E-state index contributed by atoms with van der Waals surface area (Å²) in [4.78, 5) is 12.0. The maximum absolute atomic E-state index is 12.0. The van der Waals surface area contributed by atoms with Crippen molar-refractivity contribution in [3.63, 3.8) is 0 Å². The van der Waals surface area contributed by atoms with Crippen LogP contribution in [0.1, 0.15) is 38.2 Å². The van der Waals surface area contributed by atoms with Crippen LogP contribution in [0.5, 0.6) is 5.75 Å². The van der Waals surface area contributed by atoms with E-state index in [1.54, 1.807) is 7.11 Å². The fourth-order valence-electron chi connectivity index (χ4n) is 3.96. The summed E-state index contributed by atoms with van der Waals surface area (Å²) in [6.07, 6.45) is 5.68. The fourth-order valence-corrected chi connectivity index (χ4v) is 3.96. The van der Waals surface area contributed by atoms with E-state index < -0.39 is 0 Å². The van der Waals surface area contributed by atoms with Gasteiger partial charge in [0.05, 0.1) is 13.5 Å². The first-order valence-corrected chi connectivity index (χ1v) is 8.11. The Morgan fingerprint density at radius 1 is 1.27 bits per heavy atom. The average molecular weight is 300 g/mol. The van der Waals surface area contributed by atoms with Crippen LogP contribution in [0.4, 0.5) is 0 Å². The van der Waals surface area contributed by atoms with Crippen LogP contribution in [0, 0.1) is 17.8 Å². The van der Waals surface area contributed by atoms with Gasteiger partial charge >= 0.3 is 0 Å². The molecular formula is C18H24N2O2. The van der Waals surface area contributed by atoms with Crippen LogP contribution in [-0.4, -0.2) is 18.7 Å². The van der Waals surface area contributed by atoms with E-state index in [2.05, 4.69) is 17.5 Å². The van der Waals surface area contributed by atoms with E-state index >= 15 is 0 Å². The third kappa shape index (κ3) is 3.32.